The van der Waals surface area contributed by atoms with E-state index in [0.717, 1.165) is 34.2 Å². The highest BCUT2D eigenvalue weighted by molar-refractivity contribution is 5.55. The Labute approximate surface area is 142 Å². The highest BCUT2D eigenvalue weighted by Gasteiger charge is 2.24. The van der Waals surface area contributed by atoms with E-state index in [1.165, 1.54) is 0 Å². The van der Waals surface area contributed by atoms with Crippen LogP contribution in [0.5, 0.6) is 5.75 Å². The van der Waals surface area contributed by atoms with Gasteiger partial charge in [0.25, 0.3) is 0 Å². The van der Waals surface area contributed by atoms with Crippen LogP contribution in [0.3, 0.4) is 0 Å². The number of aromatic nitrogens is 2. The lowest BCUT2D eigenvalue weighted by molar-refractivity contribution is 0.415. The molecule has 0 radical (unpaired) electrons. The number of imidazole rings is 1. The average molecular weight is 322 g/mol. The first-order valence-corrected chi connectivity index (χ1v) is 7.93. The van der Waals surface area contributed by atoms with Crippen molar-refractivity contribution in [2.24, 2.45) is 10.2 Å². The van der Waals surface area contributed by atoms with E-state index in [-0.39, 0.29) is 5.41 Å². The molecular formula is C19H22N4O. The van der Waals surface area contributed by atoms with Crippen molar-refractivity contribution in [2.75, 3.05) is 7.11 Å². The van der Waals surface area contributed by atoms with Gasteiger partial charge in [-0.1, -0.05) is 32.9 Å². The van der Waals surface area contributed by atoms with Crippen molar-refractivity contribution in [1.29, 1.82) is 0 Å². The third kappa shape index (κ3) is 3.15. The summed E-state index contributed by atoms with van der Waals surface area (Å²) < 4.78 is 7.24. The van der Waals surface area contributed by atoms with E-state index in [1.54, 1.807) is 7.11 Å². The summed E-state index contributed by atoms with van der Waals surface area (Å²) in [5, 5.41) is 8.91. The van der Waals surface area contributed by atoms with Crippen LogP contribution in [0.15, 0.2) is 52.8 Å². The van der Waals surface area contributed by atoms with Gasteiger partial charge in [0.05, 0.1) is 18.5 Å². The summed E-state index contributed by atoms with van der Waals surface area (Å²) in [5.41, 5.74) is 3.59. The fourth-order valence-corrected chi connectivity index (χ4v) is 2.51. The Morgan fingerprint density at radius 3 is 2.58 bits per heavy atom. The summed E-state index contributed by atoms with van der Waals surface area (Å²) in [6.07, 6.45) is 2.04. The third-order valence-corrected chi connectivity index (χ3v) is 3.77. The lowest BCUT2D eigenvalue weighted by Crippen LogP contribution is -2.11. The molecule has 5 heteroatoms. The molecule has 0 saturated carbocycles. The molecule has 0 amide bonds. The number of azo groups is 1. The van der Waals surface area contributed by atoms with Crippen molar-refractivity contribution in [3.8, 4) is 5.75 Å². The standard InChI is InChI=1S/C19H22N4O/c1-13-9-10-16-20-17(19(2,3)4)18(23(16)12-13)22-21-14-7-6-8-15(11-14)24-5/h6-12H,1-5H3. The summed E-state index contributed by atoms with van der Waals surface area (Å²) in [7, 11) is 1.64. The molecule has 0 aliphatic rings. The van der Waals surface area contributed by atoms with Gasteiger partial charge >= 0.3 is 0 Å². The van der Waals surface area contributed by atoms with Crippen molar-refractivity contribution < 1.29 is 4.74 Å². The number of nitrogens with zero attached hydrogens (tertiary/aromatic N) is 4. The van der Waals surface area contributed by atoms with Gasteiger partial charge < -0.3 is 4.74 Å². The Hall–Kier alpha value is -2.69. The maximum Gasteiger partial charge on any atom is 0.183 e. The number of rotatable bonds is 3. The third-order valence-electron chi connectivity index (χ3n) is 3.77. The van der Waals surface area contributed by atoms with Crippen molar-refractivity contribution in [2.45, 2.75) is 33.1 Å². The van der Waals surface area contributed by atoms with Gasteiger partial charge in [-0.05, 0) is 30.7 Å². The number of hydrogen-bond donors (Lipinski definition) is 0. The Bertz CT molecular complexity index is 903. The Kier molecular flexibility index (Phi) is 4.09. The Morgan fingerprint density at radius 2 is 1.88 bits per heavy atom. The molecule has 3 rings (SSSR count). The highest BCUT2D eigenvalue weighted by Crippen LogP contribution is 2.33. The molecule has 3 aromatic rings. The zero-order chi connectivity index (χ0) is 17.3. The molecule has 0 fully saturated rings. The fourth-order valence-electron chi connectivity index (χ4n) is 2.51. The SMILES string of the molecule is COc1cccc(N=Nc2c(C(C)(C)C)nc3ccc(C)cn23)c1. The van der Waals surface area contributed by atoms with Crippen LogP contribution in [0, 0.1) is 6.92 Å². The molecule has 2 aromatic heterocycles. The van der Waals surface area contributed by atoms with Crippen molar-refractivity contribution in [3.05, 3.63) is 53.9 Å². The summed E-state index contributed by atoms with van der Waals surface area (Å²) in [5.74, 6) is 1.53. The van der Waals surface area contributed by atoms with Crippen LogP contribution < -0.4 is 4.74 Å². The number of fused-ring (bicyclic) bond motifs is 1. The molecule has 0 atom stereocenters. The molecule has 0 spiro atoms. The number of benzene rings is 1. The van der Waals surface area contributed by atoms with E-state index < -0.39 is 0 Å². The molecule has 0 unspecified atom stereocenters. The van der Waals surface area contributed by atoms with E-state index in [2.05, 4.69) is 44.0 Å². The van der Waals surface area contributed by atoms with Crippen molar-refractivity contribution >= 4 is 17.2 Å². The van der Waals surface area contributed by atoms with Crippen LogP contribution in [-0.2, 0) is 5.41 Å². The van der Waals surface area contributed by atoms with Gasteiger partial charge in [0, 0.05) is 17.7 Å². The predicted octanol–water partition coefficient (Wildman–Crippen LogP) is 5.36. The van der Waals surface area contributed by atoms with Crippen molar-refractivity contribution in [3.63, 3.8) is 0 Å². The molecule has 5 nitrogen and oxygen atoms in total. The minimum absolute atomic E-state index is 0.122. The maximum absolute atomic E-state index is 5.24. The number of ether oxygens (including phenoxy) is 1. The first-order valence-electron chi connectivity index (χ1n) is 7.93. The molecule has 124 valence electrons. The van der Waals surface area contributed by atoms with Gasteiger partial charge in [-0.15, -0.1) is 10.2 Å². The lowest BCUT2D eigenvalue weighted by Gasteiger charge is -2.15. The molecular weight excluding hydrogens is 300 g/mol. The van der Waals surface area contributed by atoms with Crippen LogP contribution in [0.1, 0.15) is 32.0 Å². The first kappa shape index (κ1) is 16.2. The average Bonchev–Trinajstić information content (AvgIpc) is 2.91. The van der Waals surface area contributed by atoms with E-state index in [9.17, 15) is 0 Å². The second-order valence-electron chi connectivity index (χ2n) is 6.87. The Morgan fingerprint density at radius 1 is 1.08 bits per heavy atom. The topological polar surface area (TPSA) is 51.2 Å². The van der Waals surface area contributed by atoms with E-state index in [0.29, 0.717) is 0 Å². The molecule has 0 N–H and O–H groups in total. The maximum atomic E-state index is 5.24. The minimum atomic E-state index is -0.122. The largest absolute Gasteiger partial charge is 0.497 e. The van der Waals surface area contributed by atoms with Crippen LogP contribution in [0.25, 0.3) is 5.65 Å². The predicted molar refractivity (Wildman–Crippen MR) is 95.8 cm³/mol. The molecule has 24 heavy (non-hydrogen) atoms. The van der Waals surface area contributed by atoms with Crippen LogP contribution in [0.4, 0.5) is 11.5 Å². The molecule has 0 aliphatic heterocycles. The summed E-state index contributed by atoms with van der Waals surface area (Å²) in [6.45, 7) is 8.45. The lowest BCUT2D eigenvalue weighted by atomic mass is 9.92. The van der Waals surface area contributed by atoms with E-state index >= 15 is 0 Å². The van der Waals surface area contributed by atoms with E-state index in [1.807, 2.05) is 40.9 Å². The number of aryl methyl sites for hydroxylation is 1. The van der Waals surface area contributed by atoms with E-state index in [4.69, 9.17) is 9.72 Å². The monoisotopic (exact) mass is 322 g/mol. The zero-order valence-corrected chi connectivity index (χ0v) is 14.7. The molecule has 0 saturated heterocycles. The van der Waals surface area contributed by atoms with Gasteiger partial charge in [0.1, 0.15) is 11.4 Å². The second kappa shape index (κ2) is 6.07. The van der Waals surface area contributed by atoms with Gasteiger partial charge in [-0.2, -0.15) is 0 Å². The smallest absolute Gasteiger partial charge is 0.183 e. The quantitative estimate of drug-likeness (QED) is 0.609. The second-order valence-corrected chi connectivity index (χ2v) is 6.87. The summed E-state index contributed by atoms with van der Waals surface area (Å²) >= 11 is 0. The Balaban J connectivity index is 2.12. The van der Waals surface area contributed by atoms with Crippen molar-refractivity contribution in [1.82, 2.24) is 9.38 Å². The van der Waals surface area contributed by atoms with Gasteiger partial charge in [-0.25, -0.2) is 4.98 Å². The molecule has 2 heterocycles. The zero-order valence-electron chi connectivity index (χ0n) is 14.7. The van der Waals surface area contributed by atoms with Crippen LogP contribution in [0.2, 0.25) is 0 Å². The fraction of sp³-hybridized carbons (Fsp3) is 0.316. The molecule has 1 aromatic carbocycles. The number of hydrogen-bond acceptors (Lipinski definition) is 4. The van der Waals surface area contributed by atoms with Gasteiger partial charge in [-0.3, -0.25) is 4.40 Å². The number of methoxy groups -OCH3 is 1. The normalized spacial score (nSPS) is 12.2. The van der Waals surface area contributed by atoms with Crippen LogP contribution in [-0.4, -0.2) is 16.5 Å². The number of pyridine rings is 1. The van der Waals surface area contributed by atoms with Gasteiger partial charge in [0.15, 0.2) is 5.82 Å². The minimum Gasteiger partial charge on any atom is -0.497 e. The molecule has 0 aliphatic carbocycles. The summed E-state index contributed by atoms with van der Waals surface area (Å²) in [4.78, 5) is 4.76. The molecule has 0 bridgehead atoms. The first-order chi connectivity index (χ1) is 11.4. The highest BCUT2D eigenvalue weighted by atomic mass is 16.5. The van der Waals surface area contributed by atoms with Crippen LogP contribution >= 0.6 is 0 Å². The van der Waals surface area contributed by atoms with Gasteiger partial charge in [0.2, 0.25) is 0 Å². The summed E-state index contributed by atoms with van der Waals surface area (Å²) in [6, 6.07) is 11.6.